The zero-order valence-electron chi connectivity index (χ0n) is 11.5. The Kier molecular flexibility index (Phi) is 6.16. The molecule has 0 aromatic carbocycles. The van der Waals surface area contributed by atoms with Gasteiger partial charge in [0.1, 0.15) is 6.54 Å². The van der Waals surface area contributed by atoms with Crippen LogP contribution >= 0.6 is 11.3 Å². The number of likely N-dealkylation sites (N-methyl/N-ethyl adjacent to an activating group) is 1. The molecular formula is C12H16F3N3O2S. The lowest BCUT2D eigenvalue weighted by molar-refractivity contribution is -0.125. The molecule has 0 spiro atoms. The topological polar surface area (TPSA) is 61.4 Å². The Labute approximate surface area is 124 Å². The van der Waals surface area contributed by atoms with Crippen LogP contribution in [0.4, 0.5) is 18.0 Å². The number of hydrogen-bond acceptors (Lipinski definition) is 4. The fraction of sp³-hybridized carbons (Fsp3) is 0.500. The number of nitrogens with one attached hydrogen (secondary N) is 2. The fourth-order valence-corrected chi connectivity index (χ4v) is 2.35. The van der Waals surface area contributed by atoms with Gasteiger partial charge in [-0.2, -0.15) is 13.2 Å². The van der Waals surface area contributed by atoms with E-state index in [9.17, 15) is 22.8 Å². The van der Waals surface area contributed by atoms with E-state index in [2.05, 4.69) is 0 Å². The molecule has 118 valence electrons. The summed E-state index contributed by atoms with van der Waals surface area (Å²) in [5.74, 6) is -0.666. The Morgan fingerprint density at radius 1 is 1.43 bits per heavy atom. The minimum Gasteiger partial charge on any atom is -0.329 e. The number of carbonyl (C=O) groups excluding carboxylic acids is 2. The third-order valence-electron chi connectivity index (χ3n) is 2.71. The number of thiophene rings is 1. The van der Waals surface area contributed by atoms with E-state index < -0.39 is 24.7 Å². The summed E-state index contributed by atoms with van der Waals surface area (Å²) in [7, 11) is 1.69. The Morgan fingerprint density at radius 3 is 2.62 bits per heavy atom. The average Bonchev–Trinajstić information content (AvgIpc) is 2.88. The summed E-state index contributed by atoms with van der Waals surface area (Å²) in [6.45, 7) is 0.314. The van der Waals surface area contributed by atoms with Crippen LogP contribution in [0.2, 0.25) is 0 Å². The van der Waals surface area contributed by atoms with Gasteiger partial charge < -0.3 is 5.32 Å². The van der Waals surface area contributed by atoms with Crippen molar-refractivity contribution in [3.8, 4) is 0 Å². The minimum atomic E-state index is -4.51. The van der Waals surface area contributed by atoms with Crippen LogP contribution < -0.4 is 10.6 Å². The van der Waals surface area contributed by atoms with Gasteiger partial charge in [0, 0.05) is 10.9 Å². The number of alkyl halides is 3. The van der Waals surface area contributed by atoms with Crippen molar-refractivity contribution in [2.45, 2.75) is 19.1 Å². The summed E-state index contributed by atoms with van der Waals surface area (Å²) in [6, 6.07) is 2.61. The molecule has 0 bridgehead atoms. The van der Waals surface area contributed by atoms with Crippen molar-refractivity contribution in [1.82, 2.24) is 15.5 Å². The van der Waals surface area contributed by atoms with Gasteiger partial charge >= 0.3 is 12.2 Å². The molecule has 9 heteroatoms. The van der Waals surface area contributed by atoms with Gasteiger partial charge in [0.2, 0.25) is 5.91 Å². The number of urea groups is 1. The van der Waals surface area contributed by atoms with E-state index in [0.29, 0.717) is 0 Å². The maximum Gasteiger partial charge on any atom is 0.405 e. The van der Waals surface area contributed by atoms with E-state index in [1.54, 1.807) is 17.3 Å². The SMILES string of the molecule is CC(c1cccs1)N(C)CC(=O)NC(=O)NCC(F)(F)F. The van der Waals surface area contributed by atoms with E-state index in [4.69, 9.17) is 0 Å². The summed E-state index contributed by atoms with van der Waals surface area (Å²) in [6.07, 6.45) is -4.51. The predicted molar refractivity (Wildman–Crippen MR) is 73.0 cm³/mol. The van der Waals surface area contributed by atoms with Gasteiger partial charge in [0.15, 0.2) is 0 Å². The first-order valence-corrected chi connectivity index (χ1v) is 6.95. The highest BCUT2D eigenvalue weighted by Gasteiger charge is 2.28. The molecule has 3 amide bonds. The van der Waals surface area contributed by atoms with Gasteiger partial charge in [-0.1, -0.05) is 6.07 Å². The van der Waals surface area contributed by atoms with E-state index in [1.807, 2.05) is 29.8 Å². The lowest BCUT2D eigenvalue weighted by Gasteiger charge is -2.22. The van der Waals surface area contributed by atoms with E-state index in [-0.39, 0.29) is 12.6 Å². The second kappa shape index (κ2) is 7.41. The molecule has 1 aromatic heterocycles. The van der Waals surface area contributed by atoms with Crippen LogP contribution in [0.15, 0.2) is 17.5 Å². The number of nitrogens with zero attached hydrogens (tertiary/aromatic N) is 1. The van der Waals surface area contributed by atoms with Gasteiger partial charge in [-0.3, -0.25) is 15.0 Å². The van der Waals surface area contributed by atoms with Crippen LogP contribution in [-0.2, 0) is 4.79 Å². The Hall–Kier alpha value is -1.61. The molecule has 1 unspecified atom stereocenters. The van der Waals surface area contributed by atoms with Gasteiger partial charge in [0.05, 0.1) is 6.54 Å². The van der Waals surface area contributed by atoms with Crippen molar-refractivity contribution in [2.75, 3.05) is 20.1 Å². The van der Waals surface area contributed by atoms with Crippen LogP contribution in [-0.4, -0.2) is 43.2 Å². The fourth-order valence-electron chi connectivity index (χ4n) is 1.50. The summed E-state index contributed by atoms with van der Waals surface area (Å²) in [5, 5.41) is 5.33. The third-order valence-corrected chi connectivity index (χ3v) is 3.75. The standard InChI is InChI=1S/C12H16F3N3O2S/c1-8(9-4-3-5-21-9)18(2)6-10(19)17-11(20)16-7-12(13,14)15/h3-5,8H,6-7H2,1-2H3,(H2,16,17,19,20). The Morgan fingerprint density at radius 2 is 2.10 bits per heavy atom. The maximum atomic E-state index is 11.9. The molecule has 1 heterocycles. The second-order valence-corrected chi connectivity index (χ2v) is 5.43. The molecule has 21 heavy (non-hydrogen) atoms. The lowest BCUT2D eigenvalue weighted by Crippen LogP contribution is -2.46. The van der Waals surface area contributed by atoms with Gasteiger partial charge in [-0.15, -0.1) is 11.3 Å². The number of hydrogen-bond donors (Lipinski definition) is 2. The molecule has 0 saturated heterocycles. The first-order chi connectivity index (χ1) is 9.69. The van der Waals surface area contributed by atoms with Crippen LogP contribution in [0.25, 0.3) is 0 Å². The predicted octanol–water partition coefficient (Wildman–Crippen LogP) is 2.13. The zero-order valence-corrected chi connectivity index (χ0v) is 12.3. The van der Waals surface area contributed by atoms with E-state index >= 15 is 0 Å². The van der Waals surface area contributed by atoms with Crippen LogP contribution in [0, 0.1) is 0 Å². The summed E-state index contributed by atoms with van der Waals surface area (Å²) >= 11 is 1.53. The molecule has 0 aliphatic heterocycles. The van der Waals surface area contributed by atoms with Crippen LogP contribution in [0.3, 0.4) is 0 Å². The van der Waals surface area contributed by atoms with Crippen molar-refractivity contribution in [2.24, 2.45) is 0 Å². The quantitative estimate of drug-likeness (QED) is 0.873. The summed E-state index contributed by atoms with van der Waals surface area (Å²) in [4.78, 5) is 25.4. The molecule has 5 nitrogen and oxygen atoms in total. The molecule has 1 aromatic rings. The van der Waals surface area contributed by atoms with E-state index in [0.717, 1.165) is 4.88 Å². The number of imide groups is 1. The molecule has 0 saturated carbocycles. The van der Waals surface area contributed by atoms with Gasteiger partial charge in [-0.25, -0.2) is 4.79 Å². The molecular weight excluding hydrogens is 307 g/mol. The number of carbonyl (C=O) groups is 2. The molecule has 1 atom stereocenters. The van der Waals surface area contributed by atoms with Crippen molar-refractivity contribution in [3.63, 3.8) is 0 Å². The molecule has 0 aliphatic carbocycles. The Bertz CT molecular complexity index is 477. The third kappa shape index (κ3) is 6.58. The molecule has 0 aliphatic rings. The van der Waals surface area contributed by atoms with Crippen molar-refractivity contribution in [1.29, 1.82) is 0 Å². The molecule has 0 radical (unpaired) electrons. The first kappa shape index (κ1) is 17.4. The minimum absolute atomic E-state index is 0.0333. The van der Waals surface area contributed by atoms with Crippen LogP contribution in [0.1, 0.15) is 17.8 Å². The van der Waals surface area contributed by atoms with Crippen molar-refractivity contribution in [3.05, 3.63) is 22.4 Å². The first-order valence-electron chi connectivity index (χ1n) is 6.07. The van der Waals surface area contributed by atoms with Crippen molar-refractivity contribution < 1.29 is 22.8 Å². The van der Waals surface area contributed by atoms with Gasteiger partial charge in [0.25, 0.3) is 0 Å². The number of halogens is 3. The van der Waals surface area contributed by atoms with Crippen molar-refractivity contribution >= 4 is 23.3 Å². The smallest absolute Gasteiger partial charge is 0.329 e. The molecule has 1 rings (SSSR count). The highest BCUT2D eigenvalue weighted by Crippen LogP contribution is 2.22. The maximum absolute atomic E-state index is 11.9. The lowest BCUT2D eigenvalue weighted by atomic mass is 10.2. The number of amides is 3. The normalized spacial score (nSPS) is 13.0. The summed E-state index contributed by atoms with van der Waals surface area (Å²) < 4.78 is 35.7. The largest absolute Gasteiger partial charge is 0.405 e. The molecule has 2 N–H and O–H groups in total. The Balaban J connectivity index is 2.37. The highest BCUT2D eigenvalue weighted by molar-refractivity contribution is 7.10. The summed E-state index contributed by atoms with van der Waals surface area (Å²) in [5.41, 5.74) is 0. The monoisotopic (exact) mass is 323 g/mol. The number of rotatable bonds is 5. The average molecular weight is 323 g/mol. The van der Waals surface area contributed by atoms with Gasteiger partial charge in [-0.05, 0) is 25.4 Å². The molecule has 0 fully saturated rings. The van der Waals surface area contributed by atoms with E-state index in [1.165, 1.54) is 11.3 Å². The zero-order chi connectivity index (χ0) is 16.0. The highest BCUT2D eigenvalue weighted by atomic mass is 32.1. The van der Waals surface area contributed by atoms with Crippen LogP contribution in [0.5, 0.6) is 0 Å². The second-order valence-electron chi connectivity index (χ2n) is 4.45.